The van der Waals surface area contributed by atoms with Gasteiger partial charge in [-0.15, -0.1) is 0 Å². The minimum absolute atomic E-state index is 0.292. The Hall–Kier alpha value is -2.86. The summed E-state index contributed by atoms with van der Waals surface area (Å²) in [6.45, 7) is 3.89. The molecule has 2 aromatic carbocycles. The molecule has 2 aromatic rings. The molecule has 0 bridgehead atoms. The molecule has 0 spiro atoms. The number of aliphatic imine (C=N–C) groups is 1. The van der Waals surface area contributed by atoms with Gasteiger partial charge in [0.05, 0.1) is 20.2 Å². The van der Waals surface area contributed by atoms with Gasteiger partial charge in [-0.3, -0.25) is 9.79 Å². The third kappa shape index (κ3) is 3.47. The first-order chi connectivity index (χ1) is 13.6. The summed E-state index contributed by atoms with van der Waals surface area (Å²) in [4.78, 5) is 19.3. The third-order valence-corrected chi connectivity index (χ3v) is 5.46. The molecule has 0 aromatic heterocycles. The molecule has 2 aliphatic rings. The summed E-state index contributed by atoms with van der Waals surface area (Å²) in [6.07, 6.45) is -0.532. The number of carbonyl (C=O) groups is 1. The number of fused-ring (bicyclic) bond motifs is 1. The number of benzene rings is 2. The summed E-state index contributed by atoms with van der Waals surface area (Å²) < 4.78 is 5.23. The number of carbonyl (C=O) groups excluding carboxylic acids is 1. The Bertz CT molecular complexity index is 908. The van der Waals surface area contributed by atoms with Gasteiger partial charge in [0.2, 0.25) is 0 Å². The van der Waals surface area contributed by atoms with Gasteiger partial charge in [0.15, 0.2) is 0 Å². The van der Waals surface area contributed by atoms with Gasteiger partial charge in [0, 0.05) is 18.2 Å². The number of hydrogen-bond acceptors (Lipinski definition) is 5. The molecule has 2 aliphatic heterocycles. The Morgan fingerprint density at radius 2 is 2.04 bits per heavy atom. The number of aliphatic hydroxyl groups is 1. The van der Waals surface area contributed by atoms with Crippen molar-refractivity contribution >= 4 is 17.4 Å². The average Bonchev–Trinajstić information content (AvgIpc) is 3.20. The van der Waals surface area contributed by atoms with E-state index in [1.165, 1.54) is 0 Å². The standard InChI is InChI=1S/C22H25N3O3/c1-14-3-8-19-16(11-14)12-18(15-4-6-17(28-2)7-5-15)21(26)22(27)25(19)13-20-23-9-10-24-20/h3-8,11,18,21,26H,9-10,12-13H2,1-2H3,(H,23,24)/t18-,21+/m1/s1. The van der Waals surface area contributed by atoms with E-state index in [-0.39, 0.29) is 11.8 Å². The van der Waals surface area contributed by atoms with E-state index >= 15 is 0 Å². The monoisotopic (exact) mass is 379 g/mol. The largest absolute Gasteiger partial charge is 0.497 e. The van der Waals surface area contributed by atoms with Crippen LogP contribution < -0.4 is 15.0 Å². The molecule has 0 radical (unpaired) electrons. The second-order valence-electron chi connectivity index (χ2n) is 7.34. The van der Waals surface area contributed by atoms with Crippen molar-refractivity contribution in [3.8, 4) is 5.75 Å². The van der Waals surface area contributed by atoms with Crippen LogP contribution in [-0.2, 0) is 11.2 Å². The van der Waals surface area contributed by atoms with Crippen LogP contribution in [-0.4, -0.2) is 49.7 Å². The third-order valence-electron chi connectivity index (χ3n) is 5.46. The molecule has 2 atom stereocenters. The van der Waals surface area contributed by atoms with Crippen molar-refractivity contribution < 1.29 is 14.6 Å². The fourth-order valence-corrected chi connectivity index (χ4v) is 3.96. The molecule has 146 valence electrons. The Balaban J connectivity index is 1.73. The second kappa shape index (κ2) is 7.64. The first kappa shape index (κ1) is 18.5. The molecule has 2 heterocycles. The lowest BCUT2D eigenvalue weighted by atomic mass is 9.87. The zero-order valence-electron chi connectivity index (χ0n) is 16.2. The van der Waals surface area contributed by atoms with E-state index in [9.17, 15) is 9.90 Å². The summed E-state index contributed by atoms with van der Waals surface area (Å²) in [5.74, 6) is 0.929. The Labute approximate surface area is 164 Å². The maximum absolute atomic E-state index is 13.3. The molecule has 0 saturated heterocycles. The second-order valence-corrected chi connectivity index (χ2v) is 7.34. The molecule has 0 unspecified atom stereocenters. The van der Waals surface area contributed by atoms with Gasteiger partial charge in [0.25, 0.3) is 5.91 Å². The van der Waals surface area contributed by atoms with Crippen molar-refractivity contribution in [1.82, 2.24) is 5.32 Å². The number of amides is 1. The molecule has 0 fully saturated rings. The minimum Gasteiger partial charge on any atom is -0.497 e. The molecular weight excluding hydrogens is 354 g/mol. The topological polar surface area (TPSA) is 74.2 Å². The molecule has 28 heavy (non-hydrogen) atoms. The summed E-state index contributed by atoms with van der Waals surface area (Å²) in [5, 5.41) is 14.2. The van der Waals surface area contributed by atoms with Crippen molar-refractivity contribution in [3.05, 3.63) is 59.2 Å². The van der Waals surface area contributed by atoms with Crippen molar-refractivity contribution in [3.63, 3.8) is 0 Å². The predicted octanol–water partition coefficient (Wildman–Crippen LogP) is 2.04. The maximum atomic E-state index is 13.3. The number of methoxy groups -OCH3 is 1. The zero-order valence-corrected chi connectivity index (χ0v) is 16.2. The van der Waals surface area contributed by atoms with Crippen LogP contribution >= 0.6 is 0 Å². The highest BCUT2D eigenvalue weighted by atomic mass is 16.5. The van der Waals surface area contributed by atoms with Crippen LogP contribution in [0, 0.1) is 6.92 Å². The lowest BCUT2D eigenvalue weighted by molar-refractivity contribution is -0.127. The van der Waals surface area contributed by atoms with Crippen LogP contribution in [0.25, 0.3) is 0 Å². The van der Waals surface area contributed by atoms with E-state index in [1.807, 2.05) is 43.3 Å². The fraction of sp³-hybridized carbons (Fsp3) is 0.364. The van der Waals surface area contributed by atoms with Crippen molar-refractivity contribution in [2.75, 3.05) is 31.6 Å². The predicted molar refractivity (Wildman–Crippen MR) is 109 cm³/mol. The van der Waals surface area contributed by atoms with Crippen LogP contribution in [0.5, 0.6) is 5.75 Å². The van der Waals surface area contributed by atoms with E-state index in [1.54, 1.807) is 12.0 Å². The van der Waals surface area contributed by atoms with Gasteiger partial charge >= 0.3 is 0 Å². The lowest BCUT2D eigenvalue weighted by Crippen LogP contribution is -2.45. The number of anilines is 1. The van der Waals surface area contributed by atoms with Crippen molar-refractivity contribution in [2.24, 2.45) is 4.99 Å². The maximum Gasteiger partial charge on any atom is 0.256 e. The smallest absolute Gasteiger partial charge is 0.256 e. The number of hydrogen-bond donors (Lipinski definition) is 2. The van der Waals surface area contributed by atoms with E-state index in [0.717, 1.165) is 47.1 Å². The minimum atomic E-state index is -1.12. The van der Waals surface area contributed by atoms with E-state index < -0.39 is 6.10 Å². The number of aryl methyl sites for hydroxylation is 1. The Kier molecular flexibility index (Phi) is 5.05. The van der Waals surface area contributed by atoms with Gasteiger partial charge < -0.3 is 20.1 Å². The molecule has 1 amide bonds. The Morgan fingerprint density at radius 1 is 1.25 bits per heavy atom. The summed E-state index contributed by atoms with van der Waals surface area (Å²) in [6, 6.07) is 13.7. The van der Waals surface area contributed by atoms with Crippen LogP contribution in [0.3, 0.4) is 0 Å². The zero-order chi connectivity index (χ0) is 19.7. The van der Waals surface area contributed by atoms with Crippen LogP contribution in [0.15, 0.2) is 47.5 Å². The SMILES string of the molecule is COc1ccc([C@H]2Cc3cc(C)ccc3N(CC3=NCCN3)C(=O)[C@H]2O)cc1. The van der Waals surface area contributed by atoms with Gasteiger partial charge in [-0.2, -0.15) is 0 Å². The fourth-order valence-electron chi connectivity index (χ4n) is 3.96. The number of amidine groups is 1. The van der Waals surface area contributed by atoms with Crippen molar-refractivity contribution in [1.29, 1.82) is 0 Å². The summed E-state index contributed by atoms with van der Waals surface area (Å²) in [7, 11) is 1.62. The molecule has 6 heteroatoms. The van der Waals surface area contributed by atoms with Crippen molar-refractivity contribution in [2.45, 2.75) is 25.4 Å². The molecule has 2 N–H and O–H groups in total. The molecule has 4 rings (SSSR count). The van der Waals surface area contributed by atoms with Crippen LogP contribution in [0.4, 0.5) is 5.69 Å². The number of nitrogens with zero attached hydrogens (tertiary/aromatic N) is 2. The van der Waals surface area contributed by atoms with Gasteiger partial charge in [-0.25, -0.2) is 0 Å². The van der Waals surface area contributed by atoms with Crippen LogP contribution in [0.2, 0.25) is 0 Å². The highest BCUT2D eigenvalue weighted by Gasteiger charge is 2.37. The van der Waals surface area contributed by atoms with E-state index in [4.69, 9.17) is 4.74 Å². The first-order valence-corrected chi connectivity index (χ1v) is 9.57. The molecular formula is C22H25N3O3. The van der Waals surface area contributed by atoms with Gasteiger partial charge in [-0.1, -0.05) is 29.8 Å². The number of rotatable bonds is 4. The number of aliphatic hydroxyl groups excluding tert-OH is 1. The number of nitrogens with one attached hydrogen (secondary N) is 1. The summed E-state index contributed by atoms with van der Waals surface area (Å²) >= 11 is 0. The summed E-state index contributed by atoms with van der Waals surface area (Å²) in [5.41, 5.74) is 3.96. The van der Waals surface area contributed by atoms with E-state index in [2.05, 4.69) is 16.4 Å². The van der Waals surface area contributed by atoms with E-state index in [0.29, 0.717) is 13.0 Å². The number of ether oxygens (including phenoxy) is 1. The normalized spacial score (nSPS) is 21.6. The quantitative estimate of drug-likeness (QED) is 0.853. The first-order valence-electron chi connectivity index (χ1n) is 9.57. The molecule has 0 aliphatic carbocycles. The Morgan fingerprint density at radius 3 is 2.71 bits per heavy atom. The van der Waals surface area contributed by atoms with Gasteiger partial charge in [-0.05, 0) is 42.7 Å². The lowest BCUT2D eigenvalue weighted by Gasteiger charge is -2.25. The molecule has 0 saturated carbocycles. The molecule has 6 nitrogen and oxygen atoms in total. The average molecular weight is 379 g/mol. The highest BCUT2D eigenvalue weighted by Crippen LogP contribution is 2.36. The van der Waals surface area contributed by atoms with Gasteiger partial charge in [0.1, 0.15) is 17.7 Å². The highest BCUT2D eigenvalue weighted by molar-refractivity contribution is 6.04. The van der Waals surface area contributed by atoms with Crippen LogP contribution in [0.1, 0.15) is 22.6 Å².